The fourth-order valence-electron chi connectivity index (χ4n) is 2.73. The molecule has 1 N–H and O–H groups in total. The summed E-state index contributed by atoms with van der Waals surface area (Å²) in [5, 5.41) is 3.83. The molecule has 1 aromatic rings. The highest BCUT2D eigenvalue weighted by atomic mass is 79.9. The predicted octanol–water partition coefficient (Wildman–Crippen LogP) is 3.39. The van der Waals surface area contributed by atoms with Crippen LogP contribution in [-0.4, -0.2) is 54.4 Å². The van der Waals surface area contributed by atoms with Crippen LogP contribution in [0.3, 0.4) is 0 Å². The number of nitrogens with zero attached hydrogens (tertiary/aromatic N) is 2. The lowest BCUT2D eigenvalue weighted by Gasteiger charge is -2.42. The molecule has 0 spiro atoms. The summed E-state index contributed by atoms with van der Waals surface area (Å²) >= 11 is 9.44. The lowest BCUT2D eigenvalue weighted by Crippen LogP contribution is -2.57. The number of carbonyl (C=O) groups excluding carboxylic acids is 1. The van der Waals surface area contributed by atoms with Gasteiger partial charge in [-0.25, -0.2) is 9.78 Å². The minimum absolute atomic E-state index is 0.122. The Hall–Kier alpha value is -0.890. The molecule has 0 unspecified atom stereocenters. The van der Waals surface area contributed by atoms with Crippen molar-refractivity contribution in [2.24, 2.45) is 0 Å². The van der Waals surface area contributed by atoms with Crippen molar-refractivity contribution < 1.29 is 14.3 Å². The molecule has 8 heteroatoms. The van der Waals surface area contributed by atoms with Gasteiger partial charge in [-0.1, -0.05) is 11.6 Å². The molecular formula is C16H23BrClN3O3. The van der Waals surface area contributed by atoms with Crippen molar-refractivity contribution in [1.82, 2.24) is 15.2 Å². The summed E-state index contributed by atoms with van der Waals surface area (Å²) in [7, 11) is 1.62. The van der Waals surface area contributed by atoms with Crippen molar-refractivity contribution >= 4 is 33.6 Å². The summed E-state index contributed by atoms with van der Waals surface area (Å²) in [5.74, 6) is 0. The van der Waals surface area contributed by atoms with Crippen LogP contribution in [0.25, 0.3) is 0 Å². The van der Waals surface area contributed by atoms with Gasteiger partial charge >= 0.3 is 6.09 Å². The number of hydrogen-bond acceptors (Lipinski definition) is 5. The van der Waals surface area contributed by atoms with Crippen molar-refractivity contribution in [2.75, 3.05) is 26.8 Å². The molecule has 24 heavy (non-hydrogen) atoms. The van der Waals surface area contributed by atoms with Gasteiger partial charge in [0.2, 0.25) is 0 Å². The molecule has 0 radical (unpaired) electrons. The summed E-state index contributed by atoms with van der Waals surface area (Å²) in [6.45, 7) is 7.16. The maximum atomic E-state index is 12.6. The van der Waals surface area contributed by atoms with Crippen LogP contribution < -0.4 is 5.32 Å². The molecule has 2 atom stereocenters. The number of ether oxygens (including phenoxy) is 2. The first-order valence-corrected chi connectivity index (χ1v) is 8.93. The Kier molecular flexibility index (Phi) is 6.47. The van der Waals surface area contributed by atoms with Gasteiger partial charge in [0, 0.05) is 20.2 Å². The molecule has 1 amide bonds. The molecule has 2 rings (SSSR count). The third-order valence-electron chi connectivity index (χ3n) is 3.61. The van der Waals surface area contributed by atoms with Gasteiger partial charge in [-0.05, 0) is 54.4 Å². The highest BCUT2D eigenvalue weighted by molar-refractivity contribution is 9.10. The number of amides is 1. The summed E-state index contributed by atoms with van der Waals surface area (Å²) in [4.78, 5) is 18.4. The Morgan fingerprint density at radius 2 is 2.21 bits per heavy atom. The van der Waals surface area contributed by atoms with Crippen molar-refractivity contribution in [3.8, 4) is 0 Å². The van der Waals surface area contributed by atoms with Crippen molar-refractivity contribution in [1.29, 1.82) is 0 Å². The van der Waals surface area contributed by atoms with E-state index in [1.54, 1.807) is 18.1 Å². The van der Waals surface area contributed by atoms with Crippen LogP contribution in [0.15, 0.2) is 16.7 Å². The third-order valence-corrected chi connectivity index (χ3v) is 4.21. The zero-order valence-electron chi connectivity index (χ0n) is 14.3. The zero-order valence-corrected chi connectivity index (χ0v) is 16.6. The van der Waals surface area contributed by atoms with E-state index in [0.717, 1.165) is 5.56 Å². The maximum Gasteiger partial charge on any atom is 0.410 e. The number of hydrogen-bond donors (Lipinski definition) is 1. The Morgan fingerprint density at radius 3 is 2.79 bits per heavy atom. The molecule has 6 nitrogen and oxygen atoms in total. The van der Waals surface area contributed by atoms with Crippen LogP contribution in [0.5, 0.6) is 0 Å². The second-order valence-electron chi connectivity index (χ2n) is 6.67. The van der Waals surface area contributed by atoms with Crippen LogP contribution in [0.2, 0.25) is 5.15 Å². The summed E-state index contributed by atoms with van der Waals surface area (Å²) in [6, 6.07) is 3.36. The molecule has 1 fully saturated rings. The van der Waals surface area contributed by atoms with E-state index in [1.165, 1.54) is 0 Å². The minimum atomic E-state index is -0.544. The van der Waals surface area contributed by atoms with E-state index >= 15 is 0 Å². The molecular weight excluding hydrogens is 398 g/mol. The van der Waals surface area contributed by atoms with Gasteiger partial charge in [-0.2, -0.15) is 0 Å². The zero-order chi connectivity index (χ0) is 17.9. The molecule has 0 aromatic carbocycles. The predicted molar refractivity (Wildman–Crippen MR) is 96.3 cm³/mol. The fraction of sp³-hybridized carbons (Fsp3) is 0.625. The molecule has 134 valence electrons. The average molecular weight is 421 g/mol. The van der Waals surface area contributed by atoms with Gasteiger partial charge in [-0.3, -0.25) is 4.90 Å². The SMILES string of the molecule is COC[C@@H]1[C@@H](c2cc(Cl)nc(Br)c2)NCCN1C(=O)OC(C)(C)C. The Labute approximate surface area is 156 Å². The van der Waals surface area contributed by atoms with E-state index in [4.69, 9.17) is 21.1 Å². The van der Waals surface area contributed by atoms with E-state index in [0.29, 0.717) is 29.5 Å². The van der Waals surface area contributed by atoms with Gasteiger partial charge in [-0.15, -0.1) is 0 Å². The normalized spacial score (nSPS) is 21.7. The molecule has 0 aliphatic carbocycles. The first-order valence-electron chi connectivity index (χ1n) is 7.76. The lowest BCUT2D eigenvalue weighted by molar-refractivity contribution is -0.00877. The monoisotopic (exact) mass is 419 g/mol. The molecule has 1 saturated heterocycles. The van der Waals surface area contributed by atoms with Crippen molar-refractivity contribution in [3.63, 3.8) is 0 Å². The first kappa shape index (κ1) is 19.4. The van der Waals surface area contributed by atoms with E-state index in [1.807, 2.05) is 26.8 Å². The Morgan fingerprint density at radius 1 is 1.50 bits per heavy atom. The fourth-order valence-corrected chi connectivity index (χ4v) is 3.50. The number of nitrogens with one attached hydrogen (secondary N) is 1. The number of halogens is 2. The molecule has 0 bridgehead atoms. The summed E-state index contributed by atoms with van der Waals surface area (Å²) in [6.07, 6.45) is -0.338. The smallest absolute Gasteiger partial charge is 0.410 e. The van der Waals surface area contributed by atoms with Crippen LogP contribution in [-0.2, 0) is 9.47 Å². The van der Waals surface area contributed by atoms with Gasteiger partial charge in [0.15, 0.2) is 0 Å². The van der Waals surface area contributed by atoms with Crippen LogP contribution in [0, 0.1) is 0 Å². The number of rotatable bonds is 3. The van der Waals surface area contributed by atoms with E-state index in [-0.39, 0.29) is 18.2 Å². The number of piperazine rings is 1. The van der Waals surface area contributed by atoms with E-state index < -0.39 is 5.60 Å². The van der Waals surface area contributed by atoms with Crippen molar-refractivity contribution in [3.05, 3.63) is 27.5 Å². The topological polar surface area (TPSA) is 63.7 Å². The Balaban J connectivity index is 2.29. The van der Waals surface area contributed by atoms with Crippen LogP contribution in [0.4, 0.5) is 4.79 Å². The van der Waals surface area contributed by atoms with E-state index in [9.17, 15) is 4.79 Å². The van der Waals surface area contributed by atoms with Gasteiger partial charge < -0.3 is 14.8 Å². The molecule has 1 aliphatic rings. The highest BCUT2D eigenvalue weighted by Gasteiger charge is 2.37. The third kappa shape index (κ3) is 5.05. The second-order valence-corrected chi connectivity index (χ2v) is 7.87. The summed E-state index contributed by atoms with van der Waals surface area (Å²) < 4.78 is 11.5. The van der Waals surface area contributed by atoms with Crippen LogP contribution in [0.1, 0.15) is 32.4 Å². The Bertz CT molecular complexity index is 574. The average Bonchev–Trinajstić information content (AvgIpc) is 2.44. The lowest BCUT2D eigenvalue weighted by atomic mass is 9.97. The highest BCUT2D eigenvalue weighted by Crippen LogP contribution is 2.29. The first-order chi connectivity index (χ1) is 11.2. The van der Waals surface area contributed by atoms with Gasteiger partial charge in [0.05, 0.1) is 18.7 Å². The van der Waals surface area contributed by atoms with Crippen LogP contribution >= 0.6 is 27.5 Å². The van der Waals surface area contributed by atoms with Gasteiger partial charge in [0.1, 0.15) is 15.4 Å². The van der Waals surface area contributed by atoms with Crippen molar-refractivity contribution in [2.45, 2.75) is 38.5 Å². The van der Waals surface area contributed by atoms with Gasteiger partial charge in [0.25, 0.3) is 0 Å². The molecule has 1 aromatic heterocycles. The largest absolute Gasteiger partial charge is 0.444 e. The van der Waals surface area contributed by atoms with E-state index in [2.05, 4.69) is 26.2 Å². The molecule has 2 heterocycles. The maximum absolute atomic E-state index is 12.6. The number of methoxy groups -OCH3 is 1. The number of carbonyl (C=O) groups is 1. The molecule has 1 aliphatic heterocycles. The standard InChI is InChI=1S/C16H23BrClN3O3/c1-16(2,3)24-15(22)21-6-5-19-14(11(21)9-23-4)10-7-12(17)20-13(18)8-10/h7-8,11,14,19H,5-6,9H2,1-4H3/t11-,14-/m1/s1. The quantitative estimate of drug-likeness (QED) is 0.759. The second kappa shape index (κ2) is 7.99. The minimum Gasteiger partial charge on any atom is -0.444 e. The summed E-state index contributed by atoms with van der Waals surface area (Å²) in [5.41, 5.74) is 0.398. The number of pyridine rings is 1. The number of aromatic nitrogens is 1. The molecule has 0 saturated carbocycles.